The number of carbonyl (C=O) groups is 2. The van der Waals surface area contributed by atoms with Gasteiger partial charge in [-0.3, -0.25) is 9.59 Å². The minimum absolute atomic E-state index is 0.0799. The fourth-order valence-electron chi connectivity index (χ4n) is 0.661. The van der Waals surface area contributed by atoms with Crippen LogP contribution < -0.4 is 11.5 Å². The predicted octanol–water partition coefficient (Wildman–Crippen LogP) is -3.92. The summed E-state index contributed by atoms with van der Waals surface area (Å²) in [5.41, 5.74) is 9.86. The zero-order chi connectivity index (χ0) is 10.6. The topological polar surface area (TPSA) is 147 Å². The van der Waals surface area contributed by atoms with Gasteiger partial charge in [0.05, 0.1) is 0 Å². The molecule has 0 aromatic heterocycles. The average molecular weight is 192 g/mol. The Kier molecular flexibility index (Phi) is 4.67. The molecular weight excluding hydrogens is 180 g/mol. The number of ketones is 1. The molecule has 7 N–H and O–H groups in total. The molecule has 0 radical (unpaired) electrons. The first-order chi connectivity index (χ1) is 5.91. The van der Waals surface area contributed by atoms with E-state index in [0.29, 0.717) is 0 Å². The molecule has 7 nitrogen and oxygen atoms in total. The molecule has 0 saturated carbocycles. The van der Waals surface area contributed by atoms with Gasteiger partial charge in [0, 0.05) is 0 Å². The van der Waals surface area contributed by atoms with Gasteiger partial charge < -0.3 is 26.8 Å². The molecule has 0 bridgehead atoms. The number of rotatable bonds is 5. The molecular formula is C6H12N2O5. The molecule has 0 saturated heterocycles. The highest BCUT2D eigenvalue weighted by Gasteiger charge is 2.31. The molecule has 4 atom stereocenters. The van der Waals surface area contributed by atoms with Gasteiger partial charge in [-0.15, -0.1) is 0 Å². The molecule has 4 unspecified atom stereocenters. The van der Waals surface area contributed by atoms with Crippen LogP contribution in [0.15, 0.2) is 0 Å². The summed E-state index contributed by atoms with van der Waals surface area (Å²) in [5, 5.41) is 26.6. The van der Waals surface area contributed by atoms with E-state index >= 15 is 0 Å². The minimum Gasteiger partial charge on any atom is -0.388 e. The number of aliphatic hydroxyl groups excluding tert-OH is 3. The van der Waals surface area contributed by atoms with Gasteiger partial charge in [0.25, 0.3) is 0 Å². The standard InChI is InChI=1S/C6H12N2O5/c7-3(2(10)1-9)4(11)5(12)6(8)13/h1,3-6,11-13H,7-8H2. The molecule has 13 heavy (non-hydrogen) atoms. The van der Waals surface area contributed by atoms with Crippen LogP contribution in [-0.2, 0) is 9.59 Å². The highest BCUT2D eigenvalue weighted by molar-refractivity contribution is 6.27. The zero-order valence-corrected chi connectivity index (χ0v) is 6.70. The Hall–Kier alpha value is -0.860. The molecule has 0 amide bonds. The summed E-state index contributed by atoms with van der Waals surface area (Å²) in [5.74, 6) is -1.08. The van der Waals surface area contributed by atoms with Crippen LogP contribution in [0, 0.1) is 0 Å². The van der Waals surface area contributed by atoms with E-state index in [4.69, 9.17) is 26.8 Å². The Morgan fingerprint density at radius 2 is 1.62 bits per heavy atom. The number of aldehydes is 1. The maximum atomic E-state index is 10.6. The lowest BCUT2D eigenvalue weighted by molar-refractivity contribution is -0.135. The van der Waals surface area contributed by atoms with Crippen molar-refractivity contribution >= 4 is 12.1 Å². The summed E-state index contributed by atoms with van der Waals surface area (Å²) < 4.78 is 0. The Balaban J connectivity index is 4.32. The van der Waals surface area contributed by atoms with Gasteiger partial charge in [-0.25, -0.2) is 0 Å². The Morgan fingerprint density at radius 1 is 1.15 bits per heavy atom. The van der Waals surface area contributed by atoms with E-state index in [0.717, 1.165) is 0 Å². The summed E-state index contributed by atoms with van der Waals surface area (Å²) in [6.07, 6.45) is -5.33. The predicted molar refractivity (Wildman–Crippen MR) is 41.3 cm³/mol. The van der Waals surface area contributed by atoms with Crippen molar-refractivity contribution in [1.82, 2.24) is 0 Å². The zero-order valence-electron chi connectivity index (χ0n) is 6.70. The fourth-order valence-corrected chi connectivity index (χ4v) is 0.661. The van der Waals surface area contributed by atoms with Crippen LogP contribution in [0.2, 0.25) is 0 Å². The van der Waals surface area contributed by atoms with Gasteiger partial charge in [0.15, 0.2) is 6.29 Å². The Morgan fingerprint density at radius 3 is 1.92 bits per heavy atom. The van der Waals surface area contributed by atoms with Crippen LogP contribution in [0.25, 0.3) is 0 Å². The Labute approximate surface area is 73.9 Å². The number of hydrogen-bond donors (Lipinski definition) is 5. The van der Waals surface area contributed by atoms with Gasteiger partial charge >= 0.3 is 0 Å². The second-order valence-corrected chi connectivity index (χ2v) is 2.52. The van der Waals surface area contributed by atoms with Crippen LogP contribution in [0.5, 0.6) is 0 Å². The van der Waals surface area contributed by atoms with Crippen LogP contribution in [-0.4, -0.2) is 51.9 Å². The van der Waals surface area contributed by atoms with E-state index in [2.05, 4.69) is 0 Å². The smallest absolute Gasteiger partial charge is 0.214 e. The van der Waals surface area contributed by atoms with Gasteiger partial charge in [-0.2, -0.15) is 0 Å². The van der Waals surface area contributed by atoms with Gasteiger partial charge in [0.1, 0.15) is 24.5 Å². The molecule has 0 aliphatic carbocycles. The van der Waals surface area contributed by atoms with Crippen molar-refractivity contribution in [2.45, 2.75) is 24.5 Å². The van der Waals surface area contributed by atoms with Crippen LogP contribution in [0.4, 0.5) is 0 Å². The summed E-state index contributed by atoms with van der Waals surface area (Å²) in [6, 6.07) is -1.58. The average Bonchev–Trinajstić information content (AvgIpc) is 2.12. The number of aliphatic hydroxyl groups is 3. The molecule has 7 heteroatoms. The number of Topliss-reactive ketones (excluding diaryl/α,β-unsaturated/α-hetero) is 1. The van der Waals surface area contributed by atoms with Gasteiger partial charge in [-0.05, 0) is 0 Å². The first kappa shape index (κ1) is 12.1. The molecule has 0 heterocycles. The van der Waals surface area contributed by atoms with E-state index in [1.807, 2.05) is 0 Å². The summed E-state index contributed by atoms with van der Waals surface area (Å²) in [7, 11) is 0. The van der Waals surface area contributed by atoms with E-state index in [1.165, 1.54) is 0 Å². The molecule has 0 aromatic carbocycles. The number of hydrogen-bond acceptors (Lipinski definition) is 7. The second-order valence-electron chi connectivity index (χ2n) is 2.52. The number of nitrogens with two attached hydrogens (primary N) is 2. The lowest BCUT2D eigenvalue weighted by atomic mass is 10.0. The van der Waals surface area contributed by atoms with E-state index < -0.39 is 30.3 Å². The largest absolute Gasteiger partial charge is 0.388 e. The van der Waals surface area contributed by atoms with Crippen LogP contribution >= 0.6 is 0 Å². The third-order valence-corrected chi connectivity index (χ3v) is 1.51. The number of carbonyl (C=O) groups excluding carboxylic acids is 2. The van der Waals surface area contributed by atoms with E-state index in [-0.39, 0.29) is 6.29 Å². The SMILES string of the molecule is NC(O)C(O)C(O)C(N)C(=O)C=O. The van der Waals surface area contributed by atoms with Crippen molar-refractivity contribution in [2.24, 2.45) is 11.5 Å². The third kappa shape index (κ3) is 3.17. The maximum absolute atomic E-state index is 10.6. The van der Waals surface area contributed by atoms with E-state index in [9.17, 15) is 9.59 Å². The second kappa shape index (κ2) is 5.00. The van der Waals surface area contributed by atoms with Crippen molar-refractivity contribution in [3.8, 4) is 0 Å². The molecule has 0 spiro atoms. The fraction of sp³-hybridized carbons (Fsp3) is 0.667. The molecule has 76 valence electrons. The van der Waals surface area contributed by atoms with Crippen molar-refractivity contribution in [2.75, 3.05) is 0 Å². The molecule has 0 aromatic rings. The first-order valence-corrected chi connectivity index (χ1v) is 3.46. The molecule has 0 aliphatic rings. The van der Waals surface area contributed by atoms with Crippen molar-refractivity contribution in [3.05, 3.63) is 0 Å². The lowest BCUT2D eigenvalue weighted by Crippen LogP contribution is -2.54. The maximum Gasteiger partial charge on any atom is 0.214 e. The Bertz CT molecular complexity index is 195. The van der Waals surface area contributed by atoms with Crippen LogP contribution in [0.3, 0.4) is 0 Å². The first-order valence-electron chi connectivity index (χ1n) is 3.46. The highest BCUT2D eigenvalue weighted by atomic mass is 16.4. The van der Waals surface area contributed by atoms with Gasteiger partial charge in [0.2, 0.25) is 5.78 Å². The monoisotopic (exact) mass is 192 g/mol. The minimum atomic E-state index is -1.77. The highest BCUT2D eigenvalue weighted by Crippen LogP contribution is 2.00. The summed E-state index contributed by atoms with van der Waals surface area (Å²) in [4.78, 5) is 20.5. The van der Waals surface area contributed by atoms with Crippen molar-refractivity contribution in [3.63, 3.8) is 0 Å². The van der Waals surface area contributed by atoms with Crippen molar-refractivity contribution < 1.29 is 24.9 Å². The third-order valence-electron chi connectivity index (χ3n) is 1.51. The van der Waals surface area contributed by atoms with Gasteiger partial charge in [-0.1, -0.05) is 0 Å². The summed E-state index contributed by atoms with van der Waals surface area (Å²) >= 11 is 0. The van der Waals surface area contributed by atoms with E-state index in [1.54, 1.807) is 0 Å². The van der Waals surface area contributed by atoms with Crippen LogP contribution in [0.1, 0.15) is 0 Å². The molecule has 0 rings (SSSR count). The quantitative estimate of drug-likeness (QED) is 0.170. The lowest BCUT2D eigenvalue weighted by Gasteiger charge is -2.22. The molecule has 0 aliphatic heterocycles. The summed E-state index contributed by atoms with van der Waals surface area (Å²) in [6.45, 7) is 0. The molecule has 0 fully saturated rings. The van der Waals surface area contributed by atoms with Crippen molar-refractivity contribution in [1.29, 1.82) is 0 Å². The normalized spacial score (nSPS) is 20.1.